The van der Waals surface area contributed by atoms with Crippen LogP contribution in [0.15, 0.2) is 29.3 Å². The molecule has 152 valence electrons. The van der Waals surface area contributed by atoms with E-state index < -0.39 is 6.61 Å². The van der Waals surface area contributed by atoms with Crippen LogP contribution in [0, 0.1) is 5.92 Å². The molecule has 1 aliphatic rings. The summed E-state index contributed by atoms with van der Waals surface area (Å²) in [5.41, 5.74) is 0.648. The van der Waals surface area contributed by atoms with Gasteiger partial charge in [-0.2, -0.15) is 8.78 Å². The van der Waals surface area contributed by atoms with Crippen molar-refractivity contribution in [3.63, 3.8) is 0 Å². The van der Waals surface area contributed by atoms with E-state index in [1.165, 1.54) is 6.07 Å². The molecule has 6 nitrogen and oxygen atoms in total. The number of ether oxygens (including phenoxy) is 2. The fourth-order valence-electron chi connectivity index (χ4n) is 3.16. The molecular formula is C19H30F2N4O2. The van der Waals surface area contributed by atoms with Crippen molar-refractivity contribution in [3.05, 3.63) is 29.8 Å². The highest BCUT2D eigenvalue weighted by molar-refractivity contribution is 5.79. The van der Waals surface area contributed by atoms with E-state index in [9.17, 15) is 8.78 Å². The minimum Gasteiger partial charge on any atom is -0.434 e. The van der Waals surface area contributed by atoms with Crippen molar-refractivity contribution in [1.29, 1.82) is 0 Å². The fraction of sp³-hybridized carbons (Fsp3) is 0.632. The number of para-hydroxylation sites is 1. The summed E-state index contributed by atoms with van der Waals surface area (Å²) < 4.78 is 35.1. The van der Waals surface area contributed by atoms with Crippen LogP contribution in [0.4, 0.5) is 8.78 Å². The zero-order valence-corrected chi connectivity index (χ0v) is 16.3. The van der Waals surface area contributed by atoms with Gasteiger partial charge in [-0.15, -0.1) is 0 Å². The zero-order chi connectivity index (χ0) is 19.6. The number of morpholine rings is 1. The number of halogens is 2. The maximum absolute atomic E-state index is 12.5. The van der Waals surface area contributed by atoms with Gasteiger partial charge in [0.25, 0.3) is 0 Å². The van der Waals surface area contributed by atoms with Gasteiger partial charge in [0, 0.05) is 44.8 Å². The molecule has 1 atom stereocenters. The molecule has 2 N–H and O–H groups in total. The Morgan fingerprint density at radius 3 is 2.56 bits per heavy atom. The molecule has 1 fully saturated rings. The van der Waals surface area contributed by atoms with E-state index >= 15 is 0 Å². The molecule has 0 spiro atoms. The Bertz CT molecular complexity index is 593. The Kier molecular flexibility index (Phi) is 8.74. The van der Waals surface area contributed by atoms with Gasteiger partial charge in [0.05, 0.1) is 13.2 Å². The highest BCUT2D eigenvalue weighted by Gasteiger charge is 2.23. The van der Waals surface area contributed by atoms with E-state index in [1.807, 2.05) is 0 Å². The van der Waals surface area contributed by atoms with Crippen LogP contribution in [0.25, 0.3) is 0 Å². The average Bonchev–Trinajstić information content (AvgIpc) is 2.65. The Morgan fingerprint density at radius 1 is 1.22 bits per heavy atom. The Hall–Kier alpha value is -1.93. The fourth-order valence-corrected chi connectivity index (χ4v) is 3.16. The van der Waals surface area contributed by atoms with Gasteiger partial charge in [0.2, 0.25) is 0 Å². The summed E-state index contributed by atoms with van der Waals surface area (Å²) in [5.74, 6) is 1.28. The number of aliphatic imine (C=N–C) groups is 1. The van der Waals surface area contributed by atoms with Crippen molar-refractivity contribution in [2.24, 2.45) is 10.9 Å². The molecule has 27 heavy (non-hydrogen) atoms. The smallest absolute Gasteiger partial charge is 0.387 e. The third-order valence-electron chi connectivity index (χ3n) is 4.62. The van der Waals surface area contributed by atoms with Crippen molar-refractivity contribution in [3.8, 4) is 5.75 Å². The molecule has 0 aliphatic carbocycles. The molecule has 1 aromatic carbocycles. The summed E-state index contributed by atoms with van der Waals surface area (Å²) >= 11 is 0. The first-order valence-electron chi connectivity index (χ1n) is 9.30. The summed E-state index contributed by atoms with van der Waals surface area (Å²) in [6.07, 6.45) is 0. The van der Waals surface area contributed by atoms with E-state index in [4.69, 9.17) is 4.74 Å². The maximum atomic E-state index is 12.5. The Labute approximate surface area is 159 Å². The van der Waals surface area contributed by atoms with Gasteiger partial charge in [-0.3, -0.25) is 9.89 Å². The molecule has 8 heteroatoms. The molecule has 0 aromatic heterocycles. The SMILES string of the molecule is CN=C(NCc1ccccc1OC(F)F)NCC(C(C)C)N1CCOCC1. The average molecular weight is 384 g/mol. The van der Waals surface area contributed by atoms with E-state index in [2.05, 4.69) is 39.1 Å². The van der Waals surface area contributed by atoms with E-state index in [-0.39, 0.29) is 5.75 Å². The summed E-state index contributed by atoms with van der Waals surface area (Å²) in [7, 11) is 1.69. The molecule has 1 saturated heterocycles. The third-order valence-corrected chi connectivity index (χ3v) is 4.62. The number of benzene rings is 1. The lowest BCUT2D eigenvalue weighted by molar-refractivity contribution is -0.0504. The van der Waals surface area contributed by atoms with Crippen LogP contribution in [0.3, 0.4) is 0 Å². The second-order valence-electron chi connectivity index (χ2n) is 6.75. The minimum atomic E-state index is -2.84. The van der Waals surface area contributed by atoms with Gasteiger partial charge < -0.3 is 20.1 Å². The minimum absolute atomic E-state index is 0.170. The monoisotopic (exact) mass is 384 g/mol. The number of nitrogens with one attached hydrogen (secondary N) is 2. The second kappa shape index (κ2) is 11.0. The molecular weight excluding hydrogens is 354 g/mol. The molecule has 0 radical (unpaired) electrons. The van der Waals surface area contributed by atoms with Crippen LogP contribution in [-0.2, 0) is 11.3 Å². The van der Waals surface area contributed by atoms with Gasteiger partial charge in [0.15, 0.2) is 5.96 Å². The van der Waals surface area contributed by atoms with Crippen molar-refractivity contribution in [1.82, 2.24) is 15.5 Å². The lowest BCUT2D eigenvalue weighted by Gasteiger charge is -2.37. The normalized spacial score (nSPS) is 17.2. The van der Waals surface area contributed by atoms with Crippen molar-refractivity contribution in [2.45, 2.75) is 33.0 Å². The Balaban J connectivity index is 1.90. The molecule has 1 aliphatic heterocycles. The maximum Gasteiger partial charge on any atom is 0.387 e. The van der Waals surface area contributed by atoms with Crippen molar-refractivity contribution < 1.29 is 18.3 Å². The first kappa shape index (κ1) is 21.4. The van der Waals surface area contributed by atoms with Gasteiger partial charge >= 0.3 is 6.61 Å². The highest BCUT2D eigenvalue weighted by atomic mass is 19.3. The molecule has 2 rings (SSSR count). The predicted octanol–water partition coefficient (Wildman–Crippen LogP) is 2.31. The second-order valence-corrected chi connectivity index (χ2v) is 6.75. The summed E-state index contributed by atoms with van der Waals surface area (Å²) in [6.45, 7) is 6.02. The van der Waals surface area contributed by atoms with E-state index in [0.717, 1.165) is 32.8 Å². The first-order chi connectivity index (χ1) is 13.0. The number of hydrogen-bond donors (Lipinski definition) is 2. The molecule has 1 aromatic rings. The number of guanidine groups is 1. The quantitative estimate of drug-likeness (QED) is 0.532. The molecule has 1 unspecified atom stereocenters. The highest BCUT2D eigenvalue weighted by Crippen LogP contribution is 2.20. The van der Waals surface area contributed by atoms with E-state index in [0.29, 0.717) is 30.0 Å². The standard InChI is InChI=1S/C19H30F2N4O2/c1-14(2)16(25-8-10-26-11-9-25)13-24-19(22-3)23-12-15-6-4-5-7-17(15)27-18(20)21/h4-7,14,16,18H,8-13H2,1-3H3,(H2,22,23,24). The molecule has 1 heterocycles. The molecule has 0 saturated carbocycles. The molecule has 0 amide bonds. The third kappa shape index (κ3) is 6.95. The van der Waals surface area contributed by atoms with Crippen molar-refractivity contribution in [2.75, 3.05) is 39.9 Å². The van der Waals surface area contributed by atoms with Crippen molar-refractivity contribution >= 4 is 5.96 Å². The number of alkyl halides is 2. The van der Waals surface area contributed by atoms with Gasteiger partial charge in [-0.1, -0.05) is 32.0 Å². The number of nitrogens with zero attached hydrogens (tertiary/aromatic N) is 2. The van der Waals surface area contributed by atoms with Gasteiger partial charge in [0.1, 0.15) is 5.75 Å². The van der Waals surface area contributed by atoms with Crippen LogP contribution in [0.1, 0.15) is 19.4 Å². The summed E-state index contributed by atoms with van der Waals surface area (Å²) in [4.78, 5) is 6.66. The lowest BCUT2D eigenvalue weighted by Crippen LogP contribution is -2.52. The van der Waals surface area contributed by atoms with Crippen LogP contribution in [0.2, 0.25) is 0 Å². The molecule has 0 bridgehead atoms. The zero-order valence-electron chi connectivity index (χ0n) is 16.3. The first-order valence-corrected chi connectivity index (χ1v) is 9.30. The number of hydrogen-bond acceptors (Lipinski definition) is 4. The predicted molar refractivity (Wildman–Crippen MR) is 102 cm³/mol. The largest absolute Gasteiger partial charge is 0.434 e. The van der Waals surface area contributed by atoms with Crippen LogP contribution in [-0.4, -0.2) is 63.4 Å². The summed E-state index contributed by atoms with van der Waals surface area (Å²) in [6, 6.07) is 7.11. The topological polar surface area (TPSA) is 58.1 Å². The lowest BCUT2D eigenvalue weighted by atomic mass is 10.0. The van der Waals surface area contributed by atoms with Crippen LogP contribution in [0.5, 0.6) is 5.75 Å². The van der Waals surface area contributed by atoms with Crippen LogP contribution >= 0.6 is 0 Å². The van der Waals surface area contributed by atoms with Crippen LogP contribution < -0.4 is 15.4 Å². The van der Waals surface area contributed by atoms with E-state index in [1.54, 1.807) is 25.2 Å². The van der Waals surface area contributed by atoms with Gasteiger partial charge in [-0.05, 0) is 12.0 Å². The van der Waals surface area contributed by atoms with Gasteiger partial charge in [-0.25, -0.2) is 0 Å². The number of rotatable bonds is 8. The Morgan fingerprint density at radius 2 is 1.93 bits per heavy atom. The summed E-state index contributed by atoms with van der Waals surface area (Å²) in [5, 5.41) is 6.51.